The summed E-state index contributed by atoms with van der Waals surface area (Å²) in [5.74, 6) is -0.823. The first-order valence-corrected chi connectivity index (χ1v) is 4.18. The molecule has 2 rings (SSSR count). The highest BCUT2D eigenvalue weighted by molar-refractivity contribution is 6.00. The fourth-order valence-electron chi connectivity index (χ4n) is 1.59. The number of rotatable bonds is 1. The first-order valence-electron chi connectivity index (χ1n) is 4.18. The lowest BCUT2D eigenvalue weighted by Crippen LogP contribution is -2.27. The van der Waals surface area contributed by atoms with Gasteiger partial charge in [-0.2, -0.15) is 5.10 Å². The molecule has 6 nitrogen and oxygen atoms in total. The topological polar surface area (TPSA) is 75.4 Å². The van der Waals surface area contributed by atoms with Crippen LogP contribution in [0, 0.1) is 0 Å². The van der Waals surface area contributed by atoms with E-state index in [1.54, 1.807) is 0 Å². The lowest BCUT2D eigenvalue weighted by molar-refractivity contribution is -0.116. The molecule has 0 saturated carbocycles. The monoisotopic (exact) mass is 195 g/mol. The van der Waals surface area contributed by atoms with Gasteiger partial charge in [-0.25, -0.2) is 9.48 Å². The van der Waals surface area contributed by atoms with Crippen LogP contribution in [0.25, 0.3) is 0 Å². The first kappa shape index (κ1) is 8.74. The Morgan fingerprint density at radius 3 is 2.79 bits per heavy atom. The van der Waals surface area contributed by atoms with Gasteiger partial charge in [0.15, 0.2) is 0 Å². The first-order chi connectivity index (χ1) is 6.61. The summed E-state index contributed by atoms with van der Waals surface area (Å²) in [7, 11) is 0. The van der Waals surface area contributed by atoms with Crippen LogP contribution in [-0.2, 0) is 11.3 Å². The summed E-state index contributed by atoms with van der Waals surface area (Å²) in [6.45, 7) is 2.47. The van der Waals surface area contributed by atoms with Gasteiger partial charge in [0.2, 0.25) is 5.91 Å². The van der Waals surface area contributed by atoms with E-state index in [1.807, 2.05) is 0 Å². The fraction of sp³-hybridized carbons (Fsp3) is 0.375. The van der Waals surface area contributed by atoms with Crippen LogP contribution in [0.2, 0.25) is 0 Å². The van der Waals surface area contributed by atoms with Crippen molar-refractivity contribution in [2.75, 3.05) is 11.4 Å². The van der Waals surface area contributed by atoms with Crippen molar-refractivity contribution in [3.05, 3.63) is 11.8 Å². The molecule has 14 heavy (non-hydrogen) atoms. The molecule has 0 aromatic carbocycles. The summed E-state index contributed by atoms with van der Waals surface area (Å²) >= 11 is 0. The molecular formula is C8H9N3O3. The zero-order valence-corrected chi connectivity index (χ0v) is 7.60. The van der Waals surface area contributed by atoms with Crippen LogP contribution >= 0.6 is 0 Å². The van der Waals surface area contributed by atoms with E-state index in [0.717, 1.165) is 0 Å². The predicted molar refractivity (Wildman–Crippen MR) is 47.2 cm³/mol. The minimum atomic E-state index is -1.06. The largest absolute Gasteiger partial charge is 0.477 e. The number of carbonyl (C=O) groups excluding carboxylic acids is 1. The molecule has 0 aliphatic carbocycles. The third kappa shape index (κ3) is 1.07. The van der Waals surface area contributed by atoms with Gasteiger partial charge >= 0.3 is 5.97 Å². The Balaban J connectivity index is 2.50. The quantitative estimate of drug-likeness (QED) is 0.681. The van der Waals surface area contributed by atoms with Gasteiger partial charge in [0, 0.05) is 13.5 Å². The highest BCUT2D eigenvalue weighted by atomic mass is 16.4. The molecule has 0 atom stereocenters. The molecule has 74 valence electrons. The van der Waals surface area contributed by atoms with Crippen LogP contribution in [-0.4, -0.2) is 33.3 Å². The molecule has 0 bridgehead atoms. The zero-order valence-electron chi connectivity index (χ0n) is 7.60. The van der Waals surface area contributed by atoms with Crippen molar-refractivity contribution in [3.63, 3.8) is 0 Å². The maximum atomic E-state index is 11.2. The lowest BCUT2D eigenvalue weighted by Gasteiger charge is -2.12. The SMILES string of the molecule is CC(=O)N1CCn2ncc(C(=O)O)c21. The van der Waals surface area contributed by atoms with Gasteiger partial charge in [-0.1, -0.05) is 0 Å². The Bertz CT molecular complexity index is 410. The molecule has 1 N–H and O–H groups in total. The number of carboxylic acid groups (broad SMARTS) is 1. The number of hydrogen-bond donors (Lipinski definition) is 1. The number of fused-ring (bicyclic) bond motifs is 1. The maximum absolute atomic E-state index is 11.2. The highest BCUT2D eigenvalue weighted by Gasteiger charge is 2.29. The molecule has 1 aromatic heterocycles. The van der Waals surface area contributed by atoms with Crippen molar-refractivity contribution in [2.45, 2.75) is 13.5 Å². The summed E-state index contributed by atoms with van der Waals surface area (Å²) in [5, 5.41) is 12.7. The van der Waals surface area contributed by atoms with Gasteiger partial charge in [0.05, 0.1) is 12.7 Å². The molecule has 6 heteroatoms. The summed E-state index contributed by atoms with van der Waals surface area (Å²) in [4.78, 5) is 23.4. The Hall–Kier alpha value is -1.85. The molecule has 0 saturated heterocycles. The number of hydrogen-bond acceptors (Lipinski definition) is 3. The van der Waals surface area contributed by atoms with Gasteiger partial charge in [0.1, 0.15) is 11.4 Å². The normalized spacial score (nSPS) is 14.2. The van der Waals surface area contributed by atoms with E-state index in [9.17, 15) is 9.59 Å². The number of aromatic carboxylic acids is 1. The second-order valence-electron chi connectivity index (χ2n) is 3.08. The summed E-state index contributed by atoms with van der Waals surface area (Å²) in [6, 6.07) is 0. The number of amides is 1. The van der Waals surface area contributed by atoms with Crippen LogP contribution in [0.15, 0.2) is 6.20 Å². The Morgan fingerprint density at radius 2 is 2.21 bits per heavy atom. The van der Waals surface area contributed by atoms with E-state index in [4.69, 9.17) is 5.11 Å². The zero-order chi connectivity index (χ0) is 10.3. The average Bonchev–Trinajstić information content (AvgIpc) is 2.59. The summed E-state index contributed by atoms with van der Waals surface area (Å²) < 4.78 is 1.53. The van der Waals surface area contributed by atoms with Crippen LogP contribution in [0.1, 0.15) is 17.3 Å². The predicted octanol–water partition coefficient (Wildman–Crippen LogP) is -0.0522. The summed E-state index contributed by atoms with van der Waals surface area (Å²) in [6.07, 6.45) is 1.27. The van der Waals surface area contributed by atoms with Crippen LogP contribution < -0.4 is 4.90 Å². The maximum Gasteiger partial charge on any atom is 0.341 e. The van der Waals surface area contributed by atoms with Crippen molar-refractivity contribution in [2.24, 2.45) is 0 Å². The van der Waals surface area contributed by atoms with Crippen LogP contribution in [0.3, 0.4) is 0 Å². The van der Waals surface area contributed by atoms with Crippen molar-refractivity contribution in [3.8, 4) is 0 Å². The summed E-state index contributed by atoms with van der Waals surface area (Å²) in [5.41, 5.74) is 0.0812. The molecule has 0 unspecified atom stereocenters. The average molecular weight is 195 g/mol. The van der Waals surface area contributed by atoms with E-state index in [0.29, 0.717) is 18.9 Å². The van der Waals surface area contributed by atoms with E-state index >= 15 is 0 Å². The van der Waals surface area contributed by atoms with E-state index < -0.39 is 5.97 Å². The van der Waals surface area contributed by atoms with Crippen molar-refractivity contribution in [1.82, 2.24) is 9.78 Å². The minimum Gasteiger partial charge on any atom is -0.477 e. The third-order valence-corrected chi connectivity index (χ3v) is 2.21. The third-order valence-electron chi connectivity index (χ3n) is 2.21. The number of nitrogens with zero attached hydrogens (tertiary/aromatic N) is 3. The van der Waals surface area contributed by atoms with Gasteiger partial charge < -0.3 is 5.11 Å². The van der Waals surface area contributed by atoms with Crippen molar-refractivity contribution < 1.29 is 14.7 Å². The number of carboxylic acids is 1. The van der Waals surface area contributed by atoms with Crippen molar-refractivity contribution >= 4 is 17.7 Å². The van der Waals surface area contributed by atoms with Crippen molar-refractivity contribution in [1.29, 1.82) is 0 Å². The molecular weight excluding hydrogens is 186 g/mol. The molecule has 1 amide bonds. The molecule has 0 radical (unpaired) electrons. The Morgan fingerprint density at radius 1 is 1.50 bits per heavy atom. The van der Waals surface area contributed by atoms with Crippen LogP contribution in [0.4, 0.5) is 5.82 Å². The minimum absolute atomic E-state index is 0.0812. The second kappa shape index (κ2) is 2.83. The number of carbonyl (C=O) groups is 2. The molecule has 0 spiro atoms. The second-order valence-corrected chi connectivity index (χ2v) is 3.08. The fourth-order valence-corrected chi connectivity index (χ4v) is 1.59. The van der Waals surface area contributed by atoms with Crippen LogP contribution in [0.5, 0.6) is 0 Å². The van der Waals surface area contributed by atoms with Gasteiger partial charge in [-0.3, -0.25) is 9.69 Å². The lowest BCUT2D eigenvalue weighted by atomic mass is 10.3. The highest BCUT2D eigenvalue weighted by Crippen LogP contribution is 2.25. The molecule has 1 aliphatic heterocycles. The van der Waals surface area contributed by atoms with E-state index in [1.165, 1.54) is 22.7 Å². The molecule has 1 aliphatic rings. The van der Waals surface area contributed by atoms with Gasteiger partial charge in [-0.15, -0.1) is 0 Å². The standard InChI is InChI=1S/C8H9N3O3/c1-5(12)10-2-3-11-7(10)6(4-9-11)8(13)14/h4H,2-3H2,1H3,(H,13,14). The van der Waals surface area contributed by atoms with E-state index in [-0.39, 0.29) is 11.5 Å². The Labute approximate surface area is 79.7 Å². The van der Waals surface area contributed by atoms with E-state index in [2.05, 4.69) is 5.10 Å². The number of aromatic nitrogens is 2. The molecule has 2 heterocycles. The Kier molecular flexibility index (Phi) is 1.77. The van der Waals surface area contributed by atoms with Gasteiger partial charge in [-0.05, 0) is 0 Å². The smallest absolute Gasteiger partial charge is 0.341 e. The molecule has 0 fully saturated rings. The molecule has 1 aromatic rings. The number of anilines is 1. The van der Waals surface area contributed by atoms with Gasteiger partial charge in [0.25, 0.3) is 0 Å².